The summed E-state index contributed by atoms with van der Waals surface area (Å²) in [4.78, 5) is 55.7. The topological polar surface area (TPSA) is 129 Å². The molecule has 0 aromatic heterocycles. The van der Waals surface area contributed by atoms with Crippen molar-refractivity contribution in [2.45, 2.75) is 13.8 Å². The molecule has 0 aliphatic heterocycles. The van der Waals surface area contributed by atoms with E-state index in [1.54, 1.807) is 0 Å². The molecule has 0 saturated heterocycles. The molecule has 0 fully saturated rings. The zero-order valence-corrected chi connectivity index (χ0v) is 12.1. The summed E-state index contributed by atoms with van der Waals surface area (Å²) in [6, 6.07) is -0.855. The van der Waals surface area contributed by atoms with Crippen LogP contribution in [0.1, 0.15) is 13.8 Å². The molecule has 0 N–H and O–H groups in total. The maximum Gasteiger partial charge on any atom is 0.330 e. The van der Waals surface area contributed by atoms with Crippen molar-refractivity contribution >= 4 is 30.9 Å². The summed E-state index contributed by atoms with van der Waals surface area (Å²) in [5, 5.41) is 0. The van der Waals surface area contributed by atoms with E-state index >= 15 is 0 Å². The fourth-order valence-electron chi connectivity index (χ4n) is 1.07. The largest absolute Gasteiger partial charge is 0.446 e. The van der Waals surface area contributed by atoms with Crippen molar-refractivity contribution in [1.29, 1.82) is 0 Å². The normalized spacial score (nSPS) is 9.18. The van der Waals surface area contributed by atoms with Gasteiger partial charge >= 0.3 is 18.0 Å². The number of hydrogen-bond donors (Lipinski definition) is 0. The van der Waals surface area contributed by atoms with Crippen LogP contribution in [0.5, 0.6) is 0 Å². The molecule has 0 aromatic carbocycles. The molecule has 0 radical (unpaired) electrons. The second kappa shape index (κ2) is 10.9. The Morgan fingerprint density at radius 3 is 1.45 bits per heavy atom. The predicted molar refractivity (Wildman–Crippen MR) is 66.4 cm³/mol. The van der Waals surface area contributed by atoms with E-state index in [-0.39, 0.29) is 12.9 Å². The fourth-order valence-corrected chi connectivity index (χ4v) is 1.07. The average molecular weight is 320 g/mol. The first-order valence-electron chi connectivity index (χ1n) is 5.83. The van der Waals surface area contributed by atoms with Gasteiger partial charge in [-0.1, -0.05) is 0 Å². The Bertz CT molecular complexity index is 382. The summed E-state index contributed by atoms with van der Waals surface area (Å²) in [6.45, 7) is 0.349. The minimum absolute atomic E-state index is 0.0870. The molecule has 0 aliphatic carbocycles. The van der Waals surface area contributed by atoms with Gasteiger partial charge in [0.05, 0.1) is 0 Å². The summed E-state index contributed by atoms with van der Waals surface area (Å²) < 4.78 is 18.1. The van der Waals surface area contributed by atoms with Crippen molar-refractivity contribution in [1.82, 2.24) is 9.80 Å². The number of amides is 2. The van der Waals surface area contributed by atoms with Crippen molar-refractivity contribution in [3.05, 3.63) is 0 Å². The van der Waals surface area contributed by atoms with E-state index in [2.05, 4.69) is 18.9 Å². The number of rotatable bonds is 10. The molecular weight excluding hydrogens is 304 g/mol. The Labute approximate surface area is 125 Å². The average Bonchev–Trinajstić information content (AvgIpc) is 2.46. The minimum Gasteiger partial charge on any atom is -0.446 e. The fraction of sp³-hybridized carbons (Fsp3) is 0.545. The molecule has 11 heteroatoms. The van der Waals surface area contributed by atoms with Gasteiger partial charge in [-0.2, -0.15) is 0 Å². The lowest BCUT2D eigenvalue weighted by molar-refractivity contribution is -0.152. The molecule has 0 spiro atoms. The van der Waals surface area contributed by atoms with Gasteiger partial charge in [0.15, 0.2) is 26.9 Å². The van der Waals surface area contributed by atoms with Gasteiger partial charge in [0.25, 0.3) is 12.9 Å². The van der Waals surface area contributed by atoms with Crippen LogP contribution in [0, 0.1) is 0 Å². The number of carbonyl (C=O) groups is 5. The van der Waals surface area contributed by atoms with Crippen LogP contribution in [0.4, 0.5) is 4.79 Å². The van der Waals surface area contributed by atoms with Crippen LogP contribution < -0.4 is 0 Å². The molecule has 0 heterocycles. The SMILES string of the molecule is CC(=O)OCN(COC(C)=O)C(=O)N(COC=O)COC=O. The summed E-state index contributed by atoms with van der Waals surface area (Å²) in [5.74, 6) is -1.33. The highest BCUT2D eigenvalue weighted by atomic mass is 16.6. The third kappa shape index (κ3) is 8.35. The molecule has 0 saturated carbocycles. The van der Waals surface area contributed by atoms with Crippen molar-refractivity contribution in [2.75, 3.05) is 26.9 Å². The molecule has 0 bridgehead atoms. The number of ether oxygens (including phenoxy) is 4. The maximum atomic E-state index is 12.2. The van der Waals surface area contributed by atoms with Gasteiger partial charge in [-0.25, -0.2) is 4.79 Å². The number of carbonyl (C=O) groups excluding carboxylic acids is 5. The zero-order valence-electron chi connectivity index (χ0n) is 12.1. The minimum atomic E-state index is -0.855. The van der Waals surface area contributed by atoms with E-state index in [0.717, 1.165) is 23.6 Å². The number of esters is 2. The highest BCUT2D eigenvalue weighted by Gasteiger charge is 2.23. The van der Waals surface area contributed by atoms with Gasteiger partial charge < -0.3 is 18.9 Å². The predicted octanol–water partition coefficient (Wildman–Crippen LogP) is -0.987. The third-order valence-corrected chi connectivity index (χ3v) is 1.99. The van der Waals surface area contributed by atoms with Crippen molar-refractivity contribution in [2.24, 2.45) is 0 Å². The van der Waals surface area contributed by atoms with Gasteiger partial charge in [-0.3, -0.25) is 29.0 Å². The lowest BCUT2D eigenvalue weighted by Gasteiger charge is -2.28. The first-order chi connectivity index (χ1) is 10.4. The number of urea groups is 1. The second-order valence-corrected chi connectivity index (χ2v) is 3.68. The van der Waals surface area contributed by atoms with Gasteiger partial charge in [-0.05, 0) is 0 Å². The van der Waals surface area contributed by atoms with E-state index in [0.29, 0.717) is 0 Å². The highest BCUT2D eigenvalue weighted by molar-refractivity contribution is 5.75. The summed E-state index contributed by atoms with van der Waals surface area (Å²) in [7, 11) is 0. The lowest BCUT2D eigenvalue weighted by atomic mass is 10.6. The molecule has 11 nitrogen and oxygen atoms in total. The van der Waals surface area contributed by atoms with E-state index in [1.165, 1.54) is 0 Å². The quantitative estimate of drug-likeness (QED) is 0.215. The standard InChI is InChI=1S/C11H16N2O9/c1-9(16)21-5-13(6-22-10(2)17)11(18)12(3-19-7-14)4-20-8-15/h7-8H,3-6H2,1-2H3. The van der Waals surface area contributed by atoms with Crippen molar-refractivity contribution in [3.8, 4) is 0 Å². The van der Waals surface area contributed by atoms with Crippen LogP contribution in [0.15, 0.2) is 0 Å². The molecule has 22 heavy (non-hydrogen) atoms. The van der Waals surface area contributed by atoms with Crippen LogP contribution >= 0.6 is 0 Å². The number of nitrogens with zero attached hydrogens (tertiary/aromatic N) is 2. The first-order valence-corrected chi connectivity index (χ1v) is 5.83. The van der Waals surface area contributed by atoms with Crippen molar-refractivity contribution < 1.29 is 42.9 Å². The summed E-state index contributed by atoms with van der Waals surface area (Å²) in [5.41, 5.74) is 0. The Kier molecular flexibility index (Phi) is 9.47. The Balaban J connectivity index is 4.86. The van der Waals surface area contributed by atoms with Gasteiger partial charge in [0.2, 0.25) is 0 Å². The lowest BCUT2D eigenvalue weighted by Crippen LogP contribution is -2.47. The van der Waals surface area contributed by atoms with Crippen LogP contribution in [0.3, 0.4) is 0 Å². The van der Waals surface area contributed by atoms with Gasteiger partial charge in [-0.15, -0.1) is 0 Å². The van der Waals surface area contributed by atoms with Crippen LogP contribution in [-0.4, -0.2) is 67.6 Å². The molecule has 0 aliphatic rings. The molecule has 0 unspecified atom stereocenters. The highest BCUT2D eigenvalue weighted by Crippen LogP contribution is 2.02. The van der Waals surface area contributed by atoms with E-state index < -0.39 is 44.9 Å². The third-order valence-electron chi connectivity index (χ3n) is 1.99. The van der Waals surface area contributed by atoms with E-state index in [1.807, 2.05) is 0 Å². The Hall–Kier alpha value is -2.85. The molecule has 0 atom stereocenters. The maximum absolute atomic E-state index is 12.2. The van der Waals surface area contributed by atoms with E-state index in [9.17, 15) is 24.0 Å². The Morgan fingerprint density at radius 2 is 1.14 bits per heavy atom. The van der Waals surface area contributed by atoms with E-state index in [4.69, 9.17) is 0 Å². The second-order valence-electron chi connectivity index (χ2n) is 3.68. The summed E-state index contributed by atoms with van der Waals surface area (Å²) >= 11 is 0. The van der Waals surface area contributed by atoms with Crippen LogP contribution in [0.2, 0.25) is 0 Å². The van der Waals surface area contributed by atoms with Gasteiger partial charge in [0, 0.05) is 13.8 Å². The molecular formula is C11H16N2O9. The van der Waals surface area contributed by atoms with Crippen LogP contribution in [-0.2, 0) is 38.1 Å². The zero-order chi connectivity index (χ0) is 17.0. The van der Waals surface area contributed by atoms with Crippen LogP contribution in [0.25, 0.3) is 0 Å². The molecule has 0 aromatic rings. The number of hydrogen-bond acceptors (Lipinski definition) is 9. The monoisotopic (exact) mass is 320 g/mol. The van der Waals surface area contributed by atoms with Gasteiger partial charge in [0.1, 0.15) is 0 Å². The molecule has 0 rings (SSSR count). The first kappa shape index (κ1) is 19.1. The Morgan fingerprint density at radius 1 is 0.773 bits per heavy atom. The smallest absolute Gasteiger partial charge is 0.330 e. The summed E-state index contributed by atoms with van der Waals surface area (Å²) in [6.07, 6.45) is 0. The molecule has 2 amide bonds. The van der Waals surface area contributed by atoms with Crippen molar-refractivity contribution in [3.63, 3.8) is 0 Å². The molecule has 124 valence electrons.